The van der Waals surface area contributed by atoms with E-state index < -0.39 is 0 Å². The van der Waals surface area contributed by atoms with E-state index in [-0.39, 0.29) is 11.7 Å². The molecule has 0 aliphatic heterocycles. The number of amides is 1. The van der Waals surface area contributed by atoms with Crippen molar-refractivity contribution in [1.82, 2.24) is 19.7 Å². The van der Waals surface area contributed by atoms with E-state index in [1.807, 2.05) is 59.1 Å². The number of nitrogens with one attached hydrogen (secondary N) is 1. The number of carbonyl (C=O) groups excluding carboxylic acids is 1. The fourth-order valence-electron chi connectivity index (χ4n) is 2.86. The Hall–Kier alpha value is -3.06. The summed E-state index contributed by atoms with van der Waals surface area (Å²) in [5, 5.41) is 3.73. The van der Waals surface area contributed by atoms with Crippen molar-refractivity contribution in [2.45, 2.75) is 11.6 Å². The summed E-state index contributed by atoms with van der Waals surface area (Å²) in [4.78, 5) is 21.2. The highest BCUT2D eigenvalue weighted by Crippen LogP contribution is 2.25. The van der Waals surface area contributed by atoms with E-state index in [0.717, 1.165) is 27.4 Å². The Morgan fingerprint density at radius 1 is 1.19 bits per heavy atom. The standard InChI is InChI=1S/C20H18N4O2S/c1-26-15-6-2-5-14(11-15)12-22-18(25)13-27-20-17-8-4-10-24(17)16-7-3-9-21-19(16)23-20/h2-11H,12-13H2,1H3,(H,22,25). The average Bonchev–Trinajstić information content (AvgIpc) is 3.21. The molecule has 0 bridgehead atoms. The van der Waals surface area contributed by atoms with Gasteiger partial charge < -0.3 is 14.5 Å². The van der Waals surface area contributed by atoms with Crippen LogP contribution in [0.4, 0.5) is 0 Å². The Morgan fingerprint density at radius 2 is 2.07 bits per heavy atom. The highest BCUT2D eigenvalue weighted by Gasteiger charge is 2.11. The van der Waals surface area contributed by atoms with E-state index in [9.17, 15) is 4.79 Å². The molecule has 1 amide bonds. The highest BCUT2D eigenvalue weighted by molar-refractivity contribution is 8.00. The van der Waals surface area contributed by atoms with Crippen LogP contribution in [0.5, 0.6) is 5.75 Å². The first kappa shape index (κ1) is 17.4. The summed E-state index contributed by atoms with van der Waals surface area (Å²) in [6, 6.07) is 15.5. The number of nitrogens with zero attached hydrogens (tertiary/aromatic N) is 3. The molecule has 1 aromatic carbocycles. The van der Waals surface area contributed by atoms with E-state index in [1.165, 1.54) is 11.8 Å². The van der Waals surface area contributed by atoms with Gasteiger partial charge in [0.15, 0.2) is 5.65 Å². The summed E-state index contributed by atoms with van der Waals surface area (Å²) < 4.78 is 7.25. The molecule has 4 rings (SSSR count). The lowest BCUT2D eigenvalue weighted by molar-refractivity contribution is -0.118. The zero-order valence-electron chi connectivity index (χ0n) is 14.8. The summed E-state index contributed by atoms with van der Waals surface area (Å²) in [6.07, 6.45) is 3.70. The van der Waals surface area contributed by atoms with Crippen molar-refractivity contribution in [3.8, 4) is 5.75 Å². The maximum absolute atomic E-state index is 12.3. The van der Waals surface area contributed by atoms with Crippen molar-refractivity contribution >= 4 is 34.3 Å². The predicted molar refractivity (Wildman–Crippen MR) is 106 cm³/mol. The van der Waals surface area contributed by atoms with E-state index >= 15 is 0 Å². The van der Waals surface area contributed by atoms with Crippen LogP contribution in [0.1, 0.15) is 5.56 Å². The SMILES string of the molecule is COc1cccc(CNC(=O)CSc2nc3ncccc3n3cccc23)c1. The van der Waals surface area contributed by atoms with Gasteiger partial charge in [0, 0.05) is 18.9 Å². The number of pyridine rings is 1. The van der Waals surface area contributed by atoms with Gasteiger partial charge in [0.25, 0.3) is 0 Å². The Morgan fingerprint density at radius 3 is 2.96 bits per heavy atom. The highest BCUT2D eigenvalue weighted by atomic mass is 32.2. The molecule has 0 saturated carbocycles. The van der Waals surface area contributed by atoms with Crippen LogP contribution >= 0.6 is 11.8 Å². The number of ether oxygens (including phenoxy) is 1. The van der Waals surface area contributed by atoms with Crippen molar-refractivity contribution < 1.29 is 9.53 Å². The fourth-order valence-corrected chi connectivity index (χ4v) is 3.69. The van der Waals surface area contributed by atoms with Crippen LogP contribution in [0.3, 0.4) is 0 Å². The summed E-state index contributed by atoms with van der Waals surface area (Å²) in [5.74, 6) is 1.02. The normalized spacial score (nSPS) is 11.0. The molecule has 0 unspecified atom stereocenters. The average molecular weight is 378 g/mol. The zero-order chi connectivity index (χ0) is 18.6. The lowest BCUT2D eigenvalue weighted by Crippen LogP contribution is -2.24. The Bertz CT molecular complexity index is 1110. The maximum Gasteiger partial charge on any atom is 0.230 e. The molecular formula is C20H18N4O2S. The molecule has 0 atom stereocenters. The third kappa shape index (κ3) is 3.73. The molecule has 27 heavy (non-hydrogen) atoms. The second-order valence-electron chi connectivity index (χ2n) is 5.94. The molecule has 0 spiro atoms. The van der Waals surface area contributed by atoms with E-state index in [2.05, 4.69) is 15.3 Å². The first-order valence-corrected chi connectivity index (χ1v) is 9.47. The first-order valence-electron chi connectivity index (χ1n) is 8.49. The summed E-state index contributed by atoms with van der Waals surface area (Å²) in [6.45, 7) is 0.462. The van der Waals surface area contributed by atoms with Gasteiger partial charge in [-0.1, -0.05) is 23.9 Å². The molecule has 0 radical (unpaired) electrons. The molecule has 6 nitrogen and oxygen atoms in total. The molecule has 0 fully saturated rings. The largest absolute Gasteiger partial charge is 0.497 e. The lowest BCUT2D eigenvalue weighted by atomic mass is 10.2. The van der Waals surface area contributed by atoms with Crippen molar-refractivity contribution in [3.05, 3.63) is 66.5 Å². The van der Waals surface area contributed by atoms with Gasteiger partial charge in [-0.05, 0) is 42.0 Å². The van der Waals surface area contributed by atoms with Gasteiger partial charge in [0.1, 0.15) is 10.8 Å². The third-order valence-corrected chi connectivity index (χ3v) is 5.15. The van der Waals surface area contributed by atoms with Crippen LogP contribution in [-0.2, 0) is 11.3 Å². The molecule has 0 aliphatic rings. The molecule has 4 aromatic rings. The number of benzene rings is 1. The molecule has 7 heteroatoms. The van der Waals surface area contributed by atoms with Gasteiger partial charge >= 0.3 is 0 Å². The molecule has 0 aliphatic carbocycles. The van der Waals surface area contributed by atoms with Gasteiger partial charge in [0.2, 0.25) is 5.91 Å². The van der Waals surface area contributed by atoms with E-state index in [1.54, 1.807) is 13.3 Å². The van der Waals surface area contributed by atoms with Gasteiger partial charge in [0.05, 0.1) is 23.9 Å². The first-order chi connectivity index (χ1) is 13.2. The number of aromatic nitrogens is 3. The summed E-state index contributed by atoms with van der Waals surface area (Å²) >= 11 is 1.41. The lowest BCUT2D eigenvalue weighted by Gasteiger charge is -2.09. The monoisotopic (exact) mass is 378 g/mol. The minimum Gasteiger partial charge on any atom is -0.497 e. The van der Waals surface area contributed by atoms with Gasteiger partial charge in [-0.25, -0.2) is 9.97 Å². The zero-order valence-corrected chi connectivity index (χ0v) is 15.6. The van der Waals surface area contributed by atoms with Crippen molar-refractivity contribution in [1.29, 1.82) is 0 Å². The number of hydrogen-bond acceptors (Lipinski definition) is 5. The molecule has 1 N–H and O–H groups in total. The minimum absolute atomic E-state index is 0.0459. The molecule has 3 heterocycles. The summed E-state index contributed by atoms with van der Waals surface area (Å²) in [7, 11) is 1.63. The predicted octanol–water partition coefficient (Wildman–Crippen LogP) is 3.30. The number of thioether (sulfide) groups is 1. The number of carbonyl (C=O) groups is 1. The Kier molecular flexibility index (Phi) is 4.93. The second kappa shape index (κ2) is 7.67. The van der Waals surface area contributed by atoms with Crippen LogP contribution in [-0.4, -0.2) is 33.1 Å². The molecule has 136 valence electrons. The Balaban J connectivity index is 1.44. The molecule has 3 aromatic heterocycles. The van der Waals surface area contributed by atoms with Crippen LogP contribution in [0.2, 0.25) is 0 Å². The Labute approximate surface area is 160 Å². The number of rotatable bonds is 6. The molecular weight excluding hydrogens is 360 g/mol. The topological polar surface area (TPSA) is 68.5 Å². The third-order valence-electron chi connectivity index (χ3n) is 4.16. The van der Waals surface area contributed by atoms with Crippen molar-refractivity contribution in [2.75, 3.05) is 12.9 Å². The fraction of sp³-hybridized carbons (Fsp3) is 0.150. The smallest absolute Gasteiger partial charge is 0.230 e. The van der Waals surface area contributed by atoms with Crippen LogP contribution in [0.25, 0.3) is 16.7 Å². The number of methoxy groups -OCH3 is 1. The number of hydrogen-bond donors (Lipinski definition) is 1. The summed E-state index contributed by atoms with van der Waals surface area (Å²) in [5.41, 5.74) is 3.58. The van der Waals surface area contributed by atoms with Gasteiger partial charge in [-0.2, -0.15) is 0 Å². The van der Waals surface area contributed by atoms with Crippen LogP contribution in [0, 0.1) is 0 Å². The van der Waals surface area contributed by atoms with Gasteiger partial charge in [-0.3, -0.25) is 4.79 Å². The quantitative estimate of drug-likeness (QED) is 0.522. The maximum atomic E-state index is 12.3. The van der Waals surface area contributed by atoms with Crippen LogP contribution < -0.4 is 10.1 Å². The minimum atomic E-state index is -0.0459. The van der Waals surface area contributed by atoms with E-state index in [4.69, 9.17) is 4.74 Å². The second-order valence-corrected chi connectivity index (χ2v) is 6.91. The number of fused-ring (bicyclic) bond motifs is 3. The van der Waals surface area contributed by atoms with Crippen molar-refractivity contribution in [2.24, 2.45) is 0 Å². The van der Waals surface area contributed by atoms with Crippen LogP contribution in [0.15, 0.2) is 66.0 Å². The molecule has 0 saturated heterocycles. The van der Waals surface area contributed by atoms with Gasteiger partial charge in [-0.15, -0.1) is 0 Å². The van der Waals surface area contributed by atoms with Crippen molar-refractivity contribution in [3.63, 3.8) is 0 Å². The van der Waals surface area contributed by atoms with E-state index in [0.29, 0.717) is 12.2 Å².